The van der Waals surface area contributed by atoms with E-state index < -0.39 is 11.6 Å². The van der Waals surface area contributed by atoms with Crippen molar-refractivity contribution in [2.45, 2.75) is 38.5 Å². The normalized spacial score (nSPS) is 19.9. The number of carbonyl (C=O) groups is 1. The van der Waals surface area contributed by atoms with Crippen LogP contribution in [0.4, 0.5) is 4.39 Å². The summed E-state index contributed by atoms with van der Waals surface area (Å²) < 4.78 is 23.1. The van der Waals surface area contributed by atoms with E-state index in [0.29, 0.717) is 26.1 Å². The number of halogens is 1. The fourth-order valence-electron chi connectivity index (χ4n) is 1.09. The minimum atomic E-state index is -1.89. The summed E-state index contributed by atoms with van der Waals surface area (Å²) in [6.45, 7) is 3.58. The van der Waals surface area contributed by atoms with Crippen LogP contribution in [0, 0.1) is 0 Å². The Kier molecular flexibility index (Phi) is 3.25. The molecule has 1 saturated heterocycles. The number of esters is 1. The average Bonchev–Trinajstić information content (AvgIpc) is 2.04. The van der Waals surface area contributed by atoms with E-state index >= 15 is 0 Å². The summed E-state index contributed by atoms with van der Waals surface area (Å²) >= 11 is 0. The number of alkyl halides is 1. The van der Waals surface area contributed by atoms with Gasteiger partial charge in [0.2, 0.25) is 5.67 Å². The van der Waals surface area contributed by atoms with Gasteiger partial charge in [-0.25, -0.2) is 9.18 Å². The second-order valence-electron chi connectivity index (χ2n) is 3.69. The van der Waals surface area contributed by atoms with Gasteiger partial charge in [-0.2, -0.15) is 0 Å². The summed E-state index contributed by atoms with van der Waals surface area (Å²) in [6, 6.07) is 0. The molecule has 0 aromatic heterocycles. The lowest BCUT2D eigenvalue weighted by molar-refractivity contribution is -0.165. The fraction of sp³-hybridized carbons (Fsp3) is 0.889. The first-order valence-corrected chi connectivity index (χ1v) is 4.48. The fourth-order valence-corrected chi connectivity index (χ4v) is 1.09. The molecule has 0 radical (unpaired) electrons. The standard InChI is InChI=1S/C9H15FO3/c1-9(2,10)8(11)13-7-3-5-12-6-4-7/h7H,3-6H2,1-2H3. The molecule has 76 valence electrons. The molecule has 1 aliphatic heterocycles. The molecule has 0 atom stereocenters. The van der Waals surface area contributed by atoms with E-state index in [1.54, 1.807) is 0 Å². The third-order valence-electron chi connectivity index (χ3n) is 1.93. The van der Waals surface area contributed by atoms with Crippen LogP contribution in [0.1, 0.15) is 26.7 Å². The quantitative estimate of drug-likeness (QED) is 0.618. The molecule has 0 spiro atoms. The summed E-state index contributed by atoms with van der Waals surface area (Å²) in [5.41, 5.74) is -1.89. The van der Waals surface area contributed by atoms with E-state index in [-0.39, 0.29) is 6.10 Å². The number of hydrogen-bond acceptors (Lipinski definition) is 3. The van der Waals surface area contributed by atoms with Crippen molar-refractivity contribution in [3.8, 4) is 0 Å². The molecular formula is C9H15FO3. The summed E-state index contributed by atoms with van der Waals surface area (Å²) in [5.74, 6) is -0.778. The molecule has 0 aliphatic carbocycles. The van der Waals surface area contributed by atoms with Gasteiger partial charge in [0.25, 0.3) is 0 Å². The minimum Gasteiger partial charge on any atom is -0.460 e. The zero-order chi connectivity index (χ0) is 9.90. The Balaban J connectivity index is 2.35. The van der Waals surface area contributed by atoms with Crippen molar-refractivity contribution in [3.63, 3.8) is 0 Å². The highest BCUT2D eigenvalue weighted by Gasteiger charge is 2.31. The summed E-state index contributed by atoms with van der Waals surface area (Å²) in [6.07, 6.45) is 1.17. The highest BCUT2D eigenvalue weighted by atomic mass is 19.1. The molecule has 0 bridgehead atoms. The van der Waals surface area contributed by atoms with Crippen LogP contribution in [0.25, 0.3) is 0 Å². The number of ether oxygens (including phenoxy) is 2. The molecule has 0 unspecified atom stereocenters. The second-order valence-corrected chi connectivity index (χ2v) is 3.69. The Morgan fingerprint density at radius 1 is 1.46 bits per heavy atom. The number of rotatable bonds is 2. The summed E-state index contributed by atoms with van der Waals surface area (Å²) in [7, 11) is 0. The van der Waals surface area contributed by atoms with Crippen molar-refractivity contribution in [2.75, 3.05) is 13.2 Å². The largest absolute Gasteiger partial charge is 0.460 e. The van der Waals surface area contributed by atoms with Gasteiger partial charge in [0, 0.05) is 12.8 Å². The van der Waals surface area contributed by atoms with Crippen molar-refractivity contribution in [2.24, 2.45) is 0 Å². The predicted octanol–water partition coefficient (Wildman–Crippen LogP) is 1.46. The summed E-state index contributed by atoms with van der Waals surface area (Å²) in [4.78, 5) is 11.1. The SMILES string of the molecule is CC(C)(F)C(=O)OC1CCOCC1. The Morgan fingerprint density at radius 2 is 2.00 bits per heavy atom. The predicted molar refractivity (Wildman–Crippen MR) is 45.1 cm³/mol. The molecule has 0 aromatic rings. The third-order valence-corrected chi connectivity index (χ3v) is 1.93. The van der Waals surface area contributed by atoms with E-state index in [2.05, 4.69) is 0 Å². The highest BCUT2D eigenvalue weighted by Crippen LogP contribution is 2.16. The highest BCUT2D eigenvalue weighted by molar-refractivity contribution is 5.78. The van der Waals surface area contributed by atoms with Crippen LogP contribution in [0.15, 0.2) is 0 Å². The molecule has 1 aliphatic rings. The van der Waals surface area contributed by atoms with Gasteiger partial charge in [0.15, 0.2) is 0 Å². The van der Waals surface area contributed by atoms with Gasteiger partial charge >= 0.3 is 5.97 Å². The van der Waals surface area contributed by atoms with Gasteiger partial charge in [0.1, 0.15) is 6.10 Å². The van der Waals surface area contributed by atoms with Crippen molar-refractivity contribution in [1.82, 2.24) is 0 Å². The minimum absolute atomic E-state index is 0.170. The maximum Gasteiger partial charge on any atom is 0.343 e. The van der Waals surface area contributed by atoms with Gasteiger partial charge in [0.05, 0.1) is 13.2 Å². The van der Waals surface area contributed by atoms with Gasteiger partial charge in [-0.05, 0) is 13.8 Å². The molecule has 3 nitrogen and oxygen atoms in total. The van der Waals surface area contributed by atoms with Crippen LogP contribution in [0.2, 0.25) is 0 Å². The Hall–Kier alpha value is -0.640. The zero-order valence-electron chi connectivity index (χ0n) is 8.01. The van der Waals surface area contributed by atoms with Crippen molar-refractivity contribution < 1.29 is 18.7 Å². The van der Waals surface area contributed by atoms with E-state index in [1.165, 1.54) is 13.8 Å². The van der Waals surface area contributed by atoms with Crippen LogP contribution >= 0.6 is 0 Å². The zero-order valence-corrected chi connectivity index (χ0v) is 8.01. The molecule has 0 N–H and O–H groups in total. The van der Waals surface area contributed by atoms with Gasteiger partial charge < -0.3 is 9.47 Å². The monoisotopic (exact) mass is 190 g/mol. The lowest BCUT2D eigenvalue weighted by Crippen LogP contribution is -2.34. The van der Waals surface area contributed by atoms with E-state index in [9.17, 15) is 9.18 Å². The van der Waals surface area contributed by atoms with Crippen LogP contribution in [0.5, 0.6) is 0 Å². The molecule has 1 fully saturated rings. The Bertz CT molecular complexity index is 180. The van der Waals surface area contributed by atoms with Crippen molar-refractivity contribution in [1.29, 1.82) is 0 Å². The Labute approximate surface area is 77.2 Å². The lowest BCUT2D eigenvalue weighted by Gasteiger charge is -2.24. The molecule has 0 aromatic carbocycles. The molecule has 1 heterocycles. The molecule has 1 rings (SSSR count). The van der Waals surface area contributed by atoms with Crippen LogP contribution < -0.4 is 0 Å². The van der Waals surface area contributed by atoms with E-state index in [1.807, 2.05) is 0 Å². The molecule has 0 saturated carbocycles. The number of carbonyl (C=O) groups excluding carboxylic acids is 1. The smallest absolute Gasteiger partial charge is 0.343 e. The van der Waals surface area contributed by atoms with Crippen LogP contribution in [-0.2, 0) is 14.3 Å². The van der Waals surface area contributed by atoms with Gasteiger partial charge in [-0.3, -0.25) is 0 Å². The van der Waals surface area contributed by atoms with Crippen molar-refractivity contribution in [3.05, 3.63) is 0 Å². The first-order chi connectivity index (χ1) is 6.00. The topological polar surface area (TPSA) is 35.5 Å². The molecule has 13 heavy (non-hydrogen) atoms. The first-order valence-electron chi connectivity index (χ1n) is 4.48. The maximum atomic E-state index is 13.0. The van der Waals surface area contributed by atoms with E-state index in [4.69, 9.17) is 9.47 Å². The molecule has 4 heteroatoms. The maximum absolute atomic E-state index is 13.0. The van der Waals surface area contributed by atoms with Crippen molar-refractivity contribution >= 4 is 5.97 Å². The average molecular weight is 190 g/mol. The lowest BCUT2D eigenvalue weighted by atomic mass is 10.1. The molecular weight excluding hydrogens is 175 g/mol. The van der Waals surface area contributed by atoms with Gasteiger partial charge in [-0.1, -0.05) is 0 Å². The molecule has 0 amide bonds. The Morgan fingerprint density at radius 3 is 2.46 bits per heavy atom. The van der Waals surface area contributed by atoms with Crippen LogP contribution in [-0.4, -0.2) is 31.0 Å². The second kappa shape index (κ2) is 4.05. The van der Waals surface area contributed by atoms with Gasteiger partial charge in [-0.15, -0.1) is 0 Å². The summed E-state index contributed by atoms with van der Waals surface area (Å²) in [5, 5.41) is 0. The first kappa shape index (κ1) is 10.4. The van der Waals surface area contributed by atoms with Crippen LogP contribution in [0.3, 0.4) is 0 Å². The van der Waals surface area contributed by atoms with E-state index in [0.717, 1.165) is 0 Å². The number of hydrogen-bond donors (Lipinski definition) is 0. The third kappa shape index (κ3) is 3.30.